The summed E-state index contributed by atoms with van der Waals surface area (Å²) in [5.74, 6) is 1.07. The van der Waals surface area contributed by atoms with Crippen LogP contribution in [0, 0.1) is 9.49 Å². The van der Waals surface area contributed by atoms with E-state index >= 15 is 0 Å². The third-order valence-electron chi connectivity index (χ3n) is 2.91. The van der Waals surface area contributed by atoms with E-state index in [1.807, 2.05) is 0 Å². The molecule has 0 aliphatic heterocycles. The summed E-state index contributed by atoms with van der Waals surface area (Å²) in [5, 5.41) is 3.50. The van der Waals surface area contributed by atoms with Gasteiger partial charge in [0.15, 0.2) is 0 Å². The van der Waals surface area contributed by atoms with Gasteiger partial charge in [0, 0.05) is 10.1 Å². The molecule has 1 nitrogen and oxygen atoms in total. The first-order valence-electron chi connectivity index (χ1n) is 5.80. The van der Waals surface area contributed by atoms with Gasteiger partial charge in [0.25, 0.3) is 0 Å². The van der Waals surface area contributed by atoms with E-state index < -0.39 is 0 Å². The van der Waals surface area contributed by atoms with Crippen LogP contribution in [0.4, 0.5) is 0 Å². The van der Waals surface area contributed by atoms with Crippen LogP contribution in [0.5, 0.6) is 0 Å². The van der Waals surface area contributed by atoms with Gasteiger partial charge in [-0.05, 0) is 65.6 Å². The topological polar surface area (TPSA) is 12.0 Å². The van der Waals surface area contributed by atoms with Gasteiger partial charge in [-0.1, -0.05) is 25.0 Å². The van der Waals surface area contributed by atoms with Crippen molar-refractivity contribution >= 4 is 22.6 Å². The molecule has 1 aromatic rings. The van der Waals surface area contributed by atoms with Crippen LogP contribution in [0.2, 0.25) is 0 Å². The molecule has 0 bridgehead atoms. The van der Waals surface area contributed by atoms with Crippen molar-refractivity contribution in [3.05, 3.63) is 33.4 Å². The summed E-state index contributed by atoms with van der Waals surface area (Å²) >= 11 is 2.34. The molecule has 1 saturated carbocycles. The third-order valence-corrected chi connectivity index (χ3v) is 3.62. The number of rotatable bonds is 6. The monoisotopic (exact) mass is 315 g/mol. The molecule has 1 aliphatic rings. The van der Waals surface area contributed by atoms with Crippen LogP contribution in [0.3, 0.4) is 0 Å². The highest BCUT2D eigenvalue weighted by atomic mass is 127. The van der Waals surface area contributed by atoms with Gasteiger partial charge in [-0.15, -0.1) is 0 Å². The second kappa shape index (κ2) is 5.85. The average Bonchev–Trinajstić information content (AvgIpc) is 3.04. The van der Waals surface area contributed by atoms with Crippen LogP contribution >= 0.6 is 22.6 Å². The van der Waals surface area contributed by atoms with Crippen LogP contribution in [0.1, 0.15) is 31.2 Å². The minimum Gasteiger partial charge on any atom is -0.313 e. The summed E-state index contributed by atoms with van der Waals surface area (Å²) in [5.41, 5.74) is 1.39. The van der Waals surface area contributed by atoms with Gasteiger partial charge in [0.2, 0.25) is 0 Å². The largest absolute Gasteiger partial charge is 0.313 e. The normalized spacial score (nSPS) is 15.5. The molecule has 82 valence electrons. The first-order chi connectivity index (χ1) is 7.34. The molecule has 1 aliphatic carbocycles. The Morgan fingerprint density at radius 2 is 1.93 bits per heavy atom. The molecule has 1 fully saturated rings. The van der Waals surface area contributed by atoms with Crippen molar-refractivity contribution in [3.8, 4) is 0 Å². The molecule has 0 amide bonds. The van der Waals surface area contributed by atoms with Gasteiger partial charge in [-0.3, -0.25) is 0 Å². The van der Waals surface area contributed by atoms with Crippen LogP contribution in [-0.4, -0.2) is 6.54 Å². The Morgan fingerprint density at radius 1 is 1.20 bits per heavy atom. The SMILES string of the molecule is Ic1ccc(CNCCCC2CC2)cc1. The molecule has 0 radical (unpaired) electrons. The first kappa shape index (κ1) is 11.4. The molecular weight excluding hydrogens is 297 g/mol. The summed E-state index contributed by atoms with van der Waals surface area (Å²) in [6, 6.07) is 8.74. The molecule has 0 saturated heterocycles. The first-order valence-corrected chi connectivity index (χ1v) is 6.87. The second-order valence-electron chi connectivity index (χ2n) is 4.39. The fourth-order valence-corrected chi connectivity index (χ4v) is 2.12. The van der Waals surface area contributed by atoms with Gasteiger partial charge in [-0.25, -0.2) is 0 Å². The maximum Gasteiger partial charge on any atom is 0.0205 e. The van der Waals surface area contributed by atoms with Crippen LogP contribution in [-0.2, 0) is 6.54 Å². The van der Waals surface area contributed by atoms with E-state index in [4.69, 9.17) is 0 Å². The van der Waals surface area contributed by atoms with E-state index in [0.717, 1.165) is 12.5 Å². The molecule has 0 aromatic heterocycles. The van der Waals surface area contributed by atoms with Crippen molar-refractivity contribution in [1.29, 1.82) is 0 Å². The Hall–Kier alpha value is -0.0900. The highest BCUT2D eigenvalue weighted by molar-refractivity contribution is 14.1. The van der Waals surface area contributed by atoms with Crippen LogP contribution in [0.15, 0.2) is 24.3 Å². The molecule has 15 heavy (non-hydrogen) atoms. The zero-order valence-corrected chi connectivity index (χ0v) is 11.2. The van der Waals surface area contributed by atoms with E-state index in [0.29, 0.717) is 0 Å². The number of hydrogen-bond donors (Lipinski definition) is 1. The van der Waals surface area contributed by atoms with Gasteiger partial charge in [0.05, 0.1) is 0 Å². The summed E-state index contributed by atoms with van der Waals surface area (Å²) in [6.45, 7) is 2.18. The van der Waals surface area contributed by atoms with E-state index in [9.17, 15) is 0 Å². The highest BCUT2D eigenvalue weighted by Gasteiger charge is 2.19. The van der Waals surface area contributed by atoms with E-state index in [2.05, 4.69) is 52.2 Å². The molecule has 2 rings (SSSR count). The lowest BCUT2D eigenvalue weighted by Crippen LogP contribution is -2.14. The Morgan fingerprint density at radius 3 is 2.60 bits per heavy atom. The molecule has 0 atom stereocenters. The summed E-state index contributed by atoms with van der Waals surface area (Å²) in [6.07, 6.45) is 5.74. The Bertz CT molecular complexity index is 290. The number of halogens is 1. The van der Waals surface area contributed by atoms with Crippen molar-refractivity contribution in [2.75, 3.05) is 6.54 Å². The Kier molecular flexibility index (Phi) is 4.44. The highest BCUT2D eigenvalue weighted by Crippen LogP contribution is 2.33. The number of hydrogen-bond acceptors (Lipinski definition) is 1. The average molecular weight is 315 g/mol. The molecule has 0 heterocycles. The van der Waals surface area contributed by atoms with Gasteiger partial charge in [-0.2, -0.15) is 0 Å². The smallest absolute Gasteiger partial charge is 0.0205 e. The fraction of sp³-hybridized carbons (Fsp3) is 0.538. The lowest BCUT2D eigenvalue weighted by atomic mass is 10.2. The molecule has 1 N–H and O–H groups in total. The summed E-state index contributed by atoms with van der Waals surface area (Å²) < 4.78 is 1.31. The standard InChI is InChI=1S/C13H18IN/c14-13-7-5-12(6-8-13)10-15-9-1-2-11-3-4-11/h5-8,11,15H,1-4,9-10H2. The Labute approximate surface area is 106 Å². The lowest BCUT2D eigenvalue weighted by molar-refractivity contribution is 0.594. The van der Waals surface area contributed by atoms with Crippen molar-refractivity contribution in [2.24, 2.45) is 5.92 Å². The van der Waals surface area contributed by atoms with Crippen molar-refractivity contribution in [3.63, 3.8) is 0 Å². The van der Waals surface area contributed by atoms with Crippen molar-refractivity contribution < 1.29 is 0 Å². The molecular formula is C13H18IN. The quantitative estimate of drug-likeness (QED) is 0.625. The molecule has 2 heteroatoms. The number of nitrogens with one attached hydrogen (secondary N) is 1. The maximum absolute atomic E-state index is 3.50. The zero-order valence-electron chi connectivity index (χ0n) is 9.01. The van der Waals surface area contributed by atoms with Gasteiger partial charge in [0.1, 0.15) is 0 Å². The van der Waals surface area contributed by atoms with Crippen molar-refractivity contribution in [2.45, 2.75) is 32.2 Å². The maximum atomic E-state index is 3.50. The minimum absolute atomic E-state index is 1.02. The minimum atomic E-state index is 1.02. The van der Waals surface area contributed by atoms with Crippen molar-refractivity contribution in [1.82, 2.24) is 5.32 Å². The van der Waals surface area contributed by atoms with Crippen LogP contribution in [0.25, 0.3) is 0 Å². The third kappa shape index (κ3) is 4.51. The lowest BCUT2D eigenvalue weighted by Gasteiger charge is -2.04. The summed E-state index contributed by atoms with van der Waals surface area (Å²) in [4.78, 5) is 0. The number of benzene rings is 1. The Balaban J connectivity index is 1.58. The van der Waals surface area contributed by atoms with E-state index in [-0.39, 0.29) is 0 Å². The predicted octanol–water partition coefficient (Wildman–Crippen LogP) is 3.57. The second-order valence-corrected chi connectivity index (χ2v) is 5.63. The molecule has 0 spiro atoms. The van der Waals surface area contributed by atoms with Gasteiger partial charge < -0.3 is 5.32 Å². The van der Waals surface area contributed by atoms with E-state index in [1.54, 1.807) is 0 Å². The summed E-state index contributed by atoms with van der Waals surface area (Å²) in [7, 11) is 0. The molecule has 1 aromatic carbocycles. The molecule has 0 unspecified atom stereocenters. The van der Waals surface area contributed by atoms with Gasteiger partial charge >= 0.3 is 0 Å². The zero-order chi connectivity index (χ0) is 10.5. The van der Waals surface area contributed by atoms with Crippen LogP contribution < -0.4 is 5.32 Å². The van der Waals surface area contributed by atoms with E-state index in [1.165, 1.54) is 41.4 Å². The predicted molar refractivity (Wildman–Crippen MR) is 72.8 cm³/mol. The fourth-order valence-electron chi connectivity index (χ4n) is 1.76.